The van der Waals surface area contributed by atoms with Crippen molar-refractivity contribution >= 4 is 12.1 Å². The van der Waals surface area contributed by atoms with Crippen molar-refractivity contribution in [2.24, 2.45) is 5.10 Å². The van der Waals surface area contributed by atoms with Crippen LogP contribution in [0.3, 0.4) is 0 Å². The lowest BCUT2D eigenvalue weighted by atomic mass is 10.1. The Morgan fingerprint density at radius 1 is 1.24 bits per heavy atom. The summed E-state index contributed by atoms with van der Waals surface area (Å²) in [6.07, 6.45) is 1.20. The van der Waals surface area contributed by atoms with Gasteiger partial charge in [-0.3, -0.25) is 9.89 Å². The van der Waals surface area contributed by atoms with Gasteiger partial charge in [0.25, 0.3) is 5.91 Å². The van der Waals surface area contributed by atoms with Gasteiger partial charge < -0.3 is 9.47 Å². The number of halogens is 2. The van der Waals surface area contributed by atoms with Crippen LogP contribution < -0.4 is 14.9 Å². The molecule has 0 radical (unpaired) electrons. The van der Waals surface area contributed by atoms with Gasteiger partial charge >= 0.3 is 6.61 Å². The fourth-order valence-electron chi connectivity index (χ4n) is 2.53. The quantitative estimate of drug-likeness (QED) is 0.444. The number of carbonyl (C=O) groups excluding carboxylic acids is 1. The Morgan fingerprint density at radius 2 is 2.03 bits per heavy atom. The van der Waals surface area contributed by atoms with Crippen LogP contribution in [-0.4, -0.2) is 35.5 Å². The van der Waals surface area contributed by atoms with E-state index in [1.807, 2.05) is 30.3 Å². The molecule has 1 amide bonds. The molecule has 1 aromatic heterocycles. The monoisotopic (exact) mass is 400 g/mol. The Morgan fingerprint density at radius 3 is 2.76 bits per heavy atom. The number of aromatic nitrogens is 2. The third kappa shape index (κ3) is 5.16. The van der Waals surface area contributed by atoms with Crippen molar-refractivity contribution in [2.75, 3.05) is 6.61 Å². The molecule has 150 valence electrons. The first kappa shape index (κ1) is 20.0. The van der Waals surface area contributed by atoms with Gasteiger partial charge in [0.1, 0.15) is 5.69 Å². The first-order valence-corrected chi connectivity index (χ1v) is 8.73. The van der Waals surface area contributed by atoms with Crippen molar-refractivity contribution in [3.63, 3.8) is 0 Å². The molecule has 7 nitrogen and oxygen atoms in total. The number of rotatable bonds is 8. The Bertz CT molecular complexity index is 990. The number of nitrogens with zero attached hydrogens (tertiary/aromatic N) is 2. The number of carbonyl (C=O) groups is 1. The average molecular weight is 400 g/mol. The van der Waals surface area contributed by atoms with Gasteiger partial charge in [0.2, 0.25) is 0 Å². The van der Waals surface area contributed by atoms with E-state index in [0.29, 0.717) is 5.69 Å². The Balaban J connectivity index is 1.72. The normalized spacial score (nSPS) is 11.0. The van der Waals surface area contributed by atoms with E-state index >= 15 is 0 Å². The molecular weight excluding hydrogens is 382 g/mol. The van der Waals surface area contributed by atoms with Crippen LogP contribution in [0, 0.1) is 0 Å². The molecule has 9 heteroatoms. The fraction of sp³-hybridized carbons (Fsp3) is 0.150. The van der Waals surface area contributed by atoms with Crippen molar-refractivity contribution in [1.29, 1.82) is 0 Å². The molecule has 3 aromatic rings. The Hall–Kier alpha value is -3.75. The summed E-state index contributed by atoms with van der Waals surface area (Å²) >= 11 is 0. The molecule has 0 saturated carbocycles. The van der Waals surface area contributed by atoms with Crippen LogP contribution in [0.25, 0.3) is 11.3 Å². The molecular formula is C20H18F2N4O3. The average Bonchev–Trinajstić information content (AvgIpc) is 3.21. The minimum Gasteiger partial charge on any atom is -0.490 e. The first-order valence-electron chi connectivity index (χ1n) is 8.73. The van der Waals surface area contributed by atoms with E-state index in [0.717, 1.165) is 5.56 Å². The smallest absolute Gasteiger partial charge is 0.387 e. The van der Waals surface area contributed by atoms with Gasteiger partial charge in [-0.1, -0.05) is 36.4 Å². The lowest BCUT2D eigenvalue weighted by Crippen LogP contribution is -2.18. The molecule has 2 N–H and O–H groups in total. The number of alkyl halides is 2. The SMILES string of the molecule is CCOc1cccc(/C=N\NC(=O)c2cc(-c3ccccc3)n[nH]2)c1OC(F)F. The maximum absolute atomic E-state index is 12.7. The number of hydrogen-bond donors (Lipinski definition) is 2. The number of hydrogen-bond acceptors (Lipinski definition) is 5. The van der Waals surface area contributed by atoms with Gasteiger partial charge in [-0.15, -0.1) is 0 Å². The molecule has 29 heavy (non-hydrogen) atoms. The van der Waals surface area contributed by atoms with Gasteiger partial charge in [0.15, 0.2) is 11.5 Å². The number of benzene rings is 2. The highest BCUT2D eigenvalue weighted by molar-refractivity contribution is 5.94. The molecule has 0 atom stereocenters. The van der Waals surface area contributed by atoms with Crippen molar-refractivity contribution in [2.45, 2.75) is 13.5 Å². The van der Waals surface area contributed by atoms with E-state index in [9.17, 15) is 13.6 Å². The molecule has 0 aliphatic rings. The third-order valence-electron chi connectivity index (χ3n) is 3.78. The summed E-state index contributed by atoms with van der Waals surface area (Å²) in [5, 5.41) is 10.5. The molecule has 0 fully saturated rings. The summed E-state index contributed by atoms with van der Waals surface area (Å²) in [5.41, 5.74) is 4.21. The second-order valence-corrected chi connectivity index (χ2v) is 5.72. The molecule has 3 rings (SSSR count). The Kier molecular flexibility index (Phi) is 6.51. The second-order valence-electron chi connectivity index (χ2n) is 5.72. The van der Waals surface area contributed by atoms with Crippen LogP contribution in [0.4, 0.5) is 8.78 Å². The number of para-hydroxylation sites is 1. The highest BCUT2D eigenvalue weighted by Gasteiger charge is 2.15. The number of hydrazone groups is 1. The number of amides is 1. The zero-order chi connectivity index (χ0) is 20.6. The van der Waals surface area contributed by atoms with Crippen molar-refractivity contribution < 1.29 is 23.0 Å². The molecule has 0 aliphatic heterocycles. The van der Waals surface area contributed by atoms with Crippen molar-refractivity contribution in [3.8, 4) is 22.8 Å². The molecule has 0 bridgehead atoms. The zero-order valence-corrected chi connectivity index (χ0v) is 15.4. The van der Waals surface area contributed by atoms with E-state index in [4.69, 9.17) is 4.74 Å². The predicted octanol–water partition coefficient (Wildman–Crippen LogP) is 3.84. The standard InChI is InChI=1S/C20H18F2N4O3/c1-2-28-17-10-6-9-14(18(17)29-20(21)22)12-23-26-19(27)16-11-15(24-25-16)13-7-4-3-5-8-13/h3-12,20H,2H2,1H3,(H,24,25)(H,26,27)/b23-12-. The first-order chi connectivity index (χ1) is 14.1. The van der Waals surface area contributed by atoms with Gasteiger partial charge in [-0.25, -0.2) is 5.43 Å². The molecule has 0 spiro atoms. The van der Waals surface area contributed by atoms with E-state index in [1.165, 1.54) is 18.3 Å². The number of nitrogens with one attached hydrogen (secondary N) is 2. The van der Waals surface area contributed by atoms with Crippen LogP contribution in [0.2, 0.25) is 0 Å². The van der Waals surface area contributed by atoms with Crippen molar-refractivity contribution in [3.05, 3.63) is 65.9 Å². The molecule has 1 heterocycles. The van der Waals surface area contributed by atoms with Crippen LogP contribution in [0.1, 0.15) is 23.0 Å². The topological polar surface area (TPSA) is 88.6 Å². The summed E-state index contributed by atoms with van der Waals surface area (Å²) in [4.78, 5) is 12.2. The lowest BCUT2D eigenvalue weighted by molar-refractivity contribution is -0.0515. The van der Waals surface area contributed by atoms with E-state index in [2.05, 4.69) is 25.5 Å². The highest BCUT2D eigenvalue weighted by Crippen LogP contribution is 2.31. The number of ether oxygens (including phenoxy) is 2. The lowest BCUT2D eigenvalue weighted by Gasteiger charge is -2.13. The van der Waals surface area contributed by atoms with Gasteiger partial charge in [-0.05, 0) is 25.1 Å². The largest absolute Gasteiger partial charge is 0.490 e. The van der Waals surface area contributed by atoms with E-state index < -0.39 is 12.5 Å². The summed E-state index contributed by atoms with van der Waals surface area (Å²) in [5.74, 6) is -0.535. The minimum absolute atomic E-state index is 0.157. The maximum Gasteiger partial charge on any atom is 0.387 e. The summed E-state index contributed by atoms with van der Waals surface area (Å²) in [7, 11) is 0. The van der Waals surface area contributed by atoms with E-state index in [-0.39, 0.29) is 29.4 Å². The molecule has 0 aliphatic carbocycles. The summed E-state index contributed by atoms with van der Waals surface area (Å²) in [6.45, 7) is -1.03. The van der Waals surface area contributed by atoms with Crippen LogP contribution in [0.5, 0.6) is 11.5 Å². The molecule has 0 unspecified atom stereocenters. The summed E-state index contributed by atoms with van der Waals surface area (Å²) in [6, 6.07) is 15.6. The second kappa shape index (κ2) is 9.45. The molecule has 0 saturated heterocycles. The van der Waals surface area contributed by atoms with Crippen LogP contribution in [0.15, 0.2) is 59.7 Å². The minimum atomic E-state index is -3.03. The highest BCUT2D eigenvalue weighted by atomic mass is 19.3. The van der Waals surface area contributed by atoms with Crippen LogP contribution >= 0.6 is 0 Å². The van der Waals surface area contributed by atoms with Crippen LogP contribution in [-0.2, 0) is 0 Å². The van der Waals surface area contributed by atoms with Gasteiger partial charge in [0.05, 0.1) is 18.5 Å². The van der Waals surface area contributed by atoms with E-state index in [1.54, 1.807) is 19.1 Å². The van der Waals surface area contributed by atoms with Crippen molar-refractivity contribution in [1.82, 2.24) is 15.6 Å². The summed E-state index contributed by atoms with van der Waals surface area (Å²) < 4.78 is 35.3. The molecule has 2 aromatic carbocycles. The number of aromatic amines is 1. The third-order valence-corrected chi connectivity index (χ3v) is 3.78. The Labute approximate surface area is 165 Å². The number of H-pyrrole nitrogens is 1. The van der Waals surface area contributed by atoms with Gasteiger partial charge in [-0.2, -0.15) is 19.0 Å². The zero-order valence-electron chi connectivity index (χ0n) is 15.4. The maximum atomic E-state index is 12.7. The predicted molar refractivity (Wildman–Crippen MR) is 103 cm³/mol. The fourth-order valence-corrected chi connectivity index (χ4v) is 2.53. The van der Waals surface area contributed by atoms with Gasteiger partial charge in [0, 0.05) is 11.1 Å².